The number of ether oxygens (including phenoxy) is 2. The summed E-state index contributed by atoms with van der Waals surface area (Å²) in [6.07, 6.45) is 0. The third-order valence-corrected chi connectivity index (χ3v) is 7.45. The third-order valence-electron chi connectivity index (χ3n) is 6.27. The van der Waals surface area contributed by atoms with Crippen LogP contribution >= 0.6 is 11.8 Å². The average Bonchev–Trinajstić information content (AvgIpc) is 3.28. The average molecular weight is 544 g/mol. The molecule has 1 heterocycles. The summed E-state index contributed by atoms with van der Waals surface area (Å²) in [6, 6.07) is 20.8. The highest BCUT2D eigenvalue weighted by molar-refractivity contribution is 7.99. The summed E-state index contributed by atoms with van der Waals surface area (Å²) in [4.78, 5) is 11.4. The fourth-order valence-corrected chi connectivity index (χ4v) is 5.24. The molecule has 200 valence electrons. The monoisotopic (exact) mass is 543 g/mol. The lowest BCUT2D eigenvalue weighted by Crippen LogP contribution is -2.12. The molecule has 0 amide bonds. The molecule has 0 bridgehead atoms. The first-order chi connectivity index (χ1) is 18.8. The summed E-state index contributed by atoms with van der Waals surface area (Å²) in [5.74, 6) is 1.66. The second kappa shape index (κ2) is 12.5. The second-order valence-corrected chi connectivity index (χ2v) is 10.1. The van der Waals surface area contributed by atoms with Crippen molar-refractivity contribution in [2.24, 2.45) is 0 Å². The summed E-state index contributed by atoms with van der Waals surface area (Å²) in [7, 11) is 0. The number of benzene rings is 3. The summed E-state index contributed by atoms with van der Waals surface area (Å²) in [6.45, 7) is 8.07. The van der Waals surface area contributed by atoms with Crippen molar-refractivity contribution < 1.29 is 14.4 Å². The topological polar surface area (TPSA) is 116 Å². The van der Waals surface area contributed by atoms with Crippen LogP contribution in [0.1, 0.15) is 45.8 Å². The van der Waals surface area contributed by atoms with E-state index in [4.69, 9.17) is 9.47 Å². The minimum Gasteiger partial charge on any atom is -0.490 e. The Bertz CT molecular complexity index is 1530. The van der Waals surface area contributed by atoms with E-state index in [1.54, 1.807) is 30.3 Å². The lowest BCUT2D eigenvalue weighted by atomic mass is 10.1. The van der Waals surface area contributed by atoms with Gasteiger partial charge in [0.25, 0.3) is 0 Å². The highest BCUT2D eigenvalue weighted by Crippen LogP contribution is 2.40. The molecule has 0 saturated heterocycles. The van der Waals surface area contributed by atoms with E-state index in [1.807, 2.05) is 56.5 Å². The smallest absolute Gasteiger partial charge is 0.220 e. The van der Waals surface area contributed by atoms with Crippen LogP contribution in [0.3, 0.4) is 0 Å². The fourth-order valence-electron chi connectivity index (χ4n) is 4.08. The number of aryl methyl sites for hydroxylation is 3. The van der Waals surface area contributed by atoms with Crippen molar-refractivity contribution in [2.75, 3.05) is 13.2 Å². The molecular formula is C29H29N5O4S. The standard InChI is InChI=1S/C29H29N5O4S/c1-5-37-27-15-22(11-13-26(27)38-18-24-9-7-6-8-23(24)16-30)28(17-33(35)36)39-29-32-31-21(4)34(29)25-12-10-19(2)20(3)14-25/h6-15,28H,5,17-18H2,1-4H3/t28-/m0/s1. The quantitative estimate of drug-likeness (QED) is 0.126. The predicted molar refractivity (Wildman–Crippen MR) is 149 cm³/mol. The van der Waals surface area contributed by atoms with Crippen molar-refractivity contribution in [3.05, 3.63) is 104 Å². The van der Waals surface area contributed by atoms with E-state index >= 15 is 0 Å². The normalized spacial score (nSPS) is 11.6. The molecule has 0 saturated carbocycles. The summed E-state index contributed by atoms with van der Waals surface area (Å²) < 4.78 is 13.8. The van der Waals surface area contributed by atoms with Gasteiger partial charge in [0, 0.05) is 16.2 Å². The Morgan fingerprint density at radius 3 is 2.54 bits per heavy atom. The number of nitro groups is 1. The number of rotatable bonds is 11. The number of hydrogen-bond donors (Lipinski definition) is 0. The first kappa shape index (κ1) is 27.7. The van der Waals surface area contributed by atoms with Crippen molar-refractivity contribution in [1.82, 2.24) is 14.8 Å². The van der Waals surface area contributed by atoms with Gasteiger partial charge in [-0.3, -0.25) is 14.7 Å². The molecule has 3 aromatic carbocycles. The maximum Gasteiger partial charge on any atom is 0.220 e. The Hall–Kier alpha value is -4.36. The first-order valence-electron chi connectivity index (χ1n) is 12.5. The van der Waals surface area contributed by atoms with Gasteiger partial charge < -0.3 is 9.47 Å². The second-order valence-electron chi connectivity index (χ2n) is 8.95. The molecule has 10 heteroatoms. The number of thioether (sulfide) groups is 1. The Morgan fingerprint density at radius 1 is 1.03 bits per heavy atom. The molecule has 0 aliphatic carbocycles. The highest BCUT2D eigenvalue weighted by atomic mass is 32.2. The minimum atomic E-state index is -0.554. The molecule has 0 spiro atoms. The Balaban J connectivity index is 1.64. The van der Waals surface area contributed by atoms with Gasteiger partial charge >= 0.3 is 0 Å². The molecule has 1 aromatic heterocycles. The molecule has 9 nitrogen and oxygen atoms in total. The van der Waals surface area contributed by atoms with E-state index in [1.165, 1.54) is 17.3 Å². The molecule has 39 heavy (non-hydrogen) atoms. The zero-order chi connectivity index (χ0) is 27.9. The third kappa shape index (κ3) is 6.56. The van der Waals surface area contributed by atoms with E-state index in [0.717, 1.165) is 16.8 Å². The van der Waals surface area contributed by atoms with Gasteiger partial charge in [0.05, 0.1) is 18.2 Å². The zero-order valence-electron chi connectivity index (χ0n) is 22.2. The number of aromatic nitrogens is 3. The summed E-state index contributed by atoms with van der Waals surface area (Å²) in [5.41, 5.74) is 5.21. The Morgan fingerprint density at radius 2 is 1.82 bits per heavy atom. The summed E-state index contributed by atoms with van der Waals surface area (Å²) in [5, 5.41) is 29.7. The molecule has 0 unspecified atom stereocenters. The van der Waals surface area contributed by atoms with Crippen LogP contribution in [-0.2, 0) is 6.61 Å². The van der Waals surface area contributed by atoms with Crippen LogP contribution < -0.4 is 9.47 Å². The van der Waals surface area contributed by atoms with Crippen LogP contribution in [0.2, 0.25) is 0 Å². The molecule has 0 aliphatic heterocycles. The largest absolute Gasteiger partial charge is 0.490 e. The molecule has 0 aliphatic rings. The molecule has 0 N–H and O–H groups in total. The Kier molecular flexibility index (Phi) is 8.84. The maximum absolute atomic E-state index is 11.7. The van der Waals surface area contributed by atoms with Crippen molar-refractivity contribution >= 4 is 11.8 Å². The maximum atomic E-state index is 11.7. The van der Waals surface area contributed by atoms with E-state index in [2.05, 4.69) is 22.3 Å². The SMILES string of the molecule is CCOc1cc([C@H](C[N+](=O)[O-])Sc2nnc(C)n2-c2ccc(C)c(C)c2)ccc1OCc1ccccc1C#N. The number of hydrogen-bond acceptors (Lipinski definition) is 8. The van der Waals surface area contributed by atoms with Crippen molar-refractivity contribution in [1.29, 1.82) is 5.26 Å². The summed E-state index contributed by atoms with van der Waals surface area (Å²) >= 11 is 1.29. The van der Waals surface area contributed by atoms with Gasteiger partial charge in [-0.2, -0.15) is 5.26 Å². The van der Waals surface area contributed by atoms with Gasteiger partial charge in [-0.25, -0.2) is 0 Å². The van der Waals surface area contributed by atoms with E-state index in [9.17, 15) is 15.4 Å². The van der Waals surface area contributed by atoms with Crippen LogP contribution in [0.5, 0.6) is 11.5 Å². The van der Waals surface area contributed by atoms with E-state index in [-0.39, 0.29) is 18.1 Å². The van der Waals surface area contributed by atoms with Gasteiger partial charge in [0.15, 0.2) is 16.7 Å². The van der Waals surface area contributed by atoms with Crippen LogP contribution in [0, 0.1) is 42.2 Å². The molecule has 0 radical (unpaired) electrons. The van der Waals surface area contributed by atoms with Crippen LogP contribution in [0.25, 0.3) is 5.69 Å². The molecule has 1 atom stereocenters. The number of nitrogens with zero attached hydrogens (tertiary/aromatic N) is 5. The van der Waals surface area contributed by atoms with Crippen LogP contribution in [-0.4, -0.2) is 32.8 Å². The fraction of sp³-hybridized carbons (Fsp3) is 0.276. The van der Waals surface area contributed by atoms with Crippen LogP contribution in [0.4, 0.5) is 0 Å². The number of nitriles is 1. The van der Waals surface area contributed by atoms with Crippen molar-refractivity contribution in [3.8, 4) is 23.3 Å². The van der Waals surface area contributed by atoms with Crippen LogP contribution in [0.15, 0.2) is 65.8 Å². The van der Waals surface area contributed by atoms with Gasteiger partial charge in [-0.1, -0.05) is 42.1 Å². The van der Waals surface area contributed by atoms with Gasteiger partial charge in [-0.05, 0) is 74.7 Å². The predicted octanol–water partition coefficient (Wildman–Crippen LogP) is 6.15. The molecular weight excluding hydrogens is 514 g/mol. The molecule has 4 aromatic rings. The van der Waals surface area contributed by atoms with Gasteiger partial charge in [-0.15, -0.1) is 10.2 Å². The Labute approximate surface area is 231 Å². The van der Waals surface area contributed by atoms with Crippen molar-refractivity contribution in [3.63, 3.8) is 0 Å². The zero-order valence-corrected chi connectivity index (χ0v) is 23.1. The van der Waals surface area contributed by atoms with E-state index in [0.29, 0.717) is 40.2 Å². The van der Waals surface area contributed by atoms with Gasteiger partial charge in [0.2, 0.25) is 6.54 Å². The molecule has 4 rings (SSSR count). The van der Waals surface area contributed by atoms with Crippen molar-refractivity contribution in [2.45, 2.75) is 44.7 Å². The lowest BCUT2D eigenvalue weighted by molar-refractivity contribution is -0.479. The van der Waals surface area contributed by atoms with E-state index < -0.39 is 5.25 Å². The first-order valence-corrected chi connectivity index (χ1v) is 13.3. The minimum absolute atomic E-state index is 0.189. The highest BCUT2D eigenvalue weighted by Gasteiger charge is 2.25. The molecule has 0 fully saturated rings. The van der Waals surface area contributed by atoms with Gasteiger partial charge in [0.1, 0.15) is 17.7 Å². The lowest BCUT2D eigenvalue weighted by Gasteiger charge is -2.18.